The number of hydrogen-bond donors (Lipinski definition) is 0. The number of rotatable bonds is 4. The maximum atomic E-state index is 12.1. The molecule has 0 bridgehead atoms. The van der Waals surface area contributed by atoms with E-state index < -0.39 is 0 Å². The molecule has 0 saturated heterocycles. The lowest BCUT2D eigenvalue weighted by Gasteiger charge is -2.08. The van der Waals surface area contributed by atoms with Crippen molar-refractivity contribution in [3.63, 3.8) is 0 Å². The molecule has 20 heavy (non-hydrogen) atoms. The third-order valence-electron chi connectivity index (χ3n) is 3.16. The highest BCUT2D eigenvalue weighted by Gasteiger charge is 2.15. The molecule has 0 radical (unpaired) electrons. The van der Waals surface area contributed by atoms with E-state index in [1.54, 1.807) is 24.3 Å². The zero-order valence-electron chi connectivity index (χ0n) is 11.1. The van der Waals surface area contributed by atoms with E-state index in [1.165, 1.54) is 0 Å². The van der Waals surface area contributed by atoms with E-state index in [-0.39, 0.29) is 19.2 Å². The molecule has 0 atom stereocenters. The Bertz CT molecular complexity index is 649. The third kappa shape index (κ3) is 2.45. The molecule has 0 spiro atoms. The van der Waals surface area contributed by atoms with Crippen LogP contribution in [0.4, 0.5) is 0 Å². The van der Waals surface area contributed by atoms with Crippen LogP contribution < -0.4 is 14.2 Å². The number of aryl methyl sites for hydroxylation is 1. The van der Waals surface area contributed by atoms with E-state index >= 15 is 0 Å². The molecule has 1 heterocycles. The minimum Gasteiger partial charge on any atom is -0.485 e. The fourth-order valence-electron chi connectivity index (χ4n) is 2.08. The second-order valence-electron chi connectivity index (χ2n) is 4.54. The molecule has 0 aliphatic carbocycles. The molecule has 0 fully saturated rings. The molecule has 102 valence electrons. The van der Waals surface area contributed by atoms with E-state index in [1.807, 2.05) is 25.1 Å². The first-order valence-electron chi connectivity index (χ1n) is 6.35. The van der Waals surface area contributed by atoms with Crippen LogP contribution in [0.1, 0.15) is 15.9 Å². The maximum absolute atomic E-state index is 12.1. The molecule has 0 saturated carbocycles. The molecular weight excluding hydrogens is 256 g/mol. The van der Waals surface area contributed by atoms with Crippen molar-refractivity contribution in [2.75, 3.05) is 13.4 Å². The smallest absolute Gasteiger partial charge is 0.231 e. The minimum atomic E-state index is -0.0410. The Balaban J connectivity index is 1.68. The van der Waals surface area contributed by atoms with Crippen LogP contribution in [0.15, 0.2) is 42.5 Å². The van der Waals surface area contributed by atoms with Crippen LogP contribution in [0.2, 0.25) is 0 Å². The number of ketones is 1. The molecule has 1 aliphatic rings. The lowest BCUT2D eigenvalue weighted by Crippen LogP contribution is -2.12. The summed E-state index contributed by atoms with van der Waals surface area (Å²) in [5, 5.41) is 0. The quantitative estimate of drug-likeness (QED) is 0.801. The summed E-state index contributed by atoms with van der Waals surface area (Å²) >= 11 is 0. The molecule has 0 aromatic heterocycles. The molecule has 2 aromatic rings. The molecule has 1 aliphatic heterocycles. The standard InChI is InChI=1S/C16H14O4/c1-11-4-2-3-5-13(11)14(17)9-18-12-6-7-15-16(8-12)20-10-19-15/h2-8H,9-10H2,1H3. The number of Topliss-reactive ketones (excluding diaryl/α,β-unsaturated/α-hetero) is 1. The fourth-order valence-corrected chi connectivity index (χ4v) is 2.08. The maximum Gasteiger partial charge on any atom is 0.231 e. The molecule has 0 amide bonds. The summed E-state index contributed by atoms with van der Waals surface area (Å²) in [7, 11) is 0. The lowest BCUT2D eigenvalue weighted by atomic mass is 10.1. The van der Waals surface area contributed by atoms with Gasteiger partial charge in [-0.3, -0.25) is 4.79 Å². The normalized spacial score (nSPS) is 12.2. The van der Waals surface area contributed by atoms with Crippen molar-refractivity contribution >= 4 is 5.78 Å². The van der Waals surface area contributed by atoms with Gasteiger partial charge in [0.2, 0.25) is 6.79 Å². The first kappa shape index (κ1) is 12.5. The van der Waals surface area contributed by atoms with Crippen LogP contribution in [-0.2, 0) is 0 Å². The predicted molar refractivity (Wildman–Crippen MR) is 73.6 cm³/mol. The van der Waals surface area contributed by atoms with Crippen LogP contribution in [-0.4, -0.2) is 19.2 Å². The SMILES string of the molecule is Cc1ccccc1C(=O)COc1ccc2c(c1)OCO2. The van der Waals surface area contributed by atoms with Gasteiger partial charge in [0, 0.05) is 11.6 Å². The minimum absolute atomic E-state index is 0.00446. The van der Waals surface area contributed by atoms with Gasteiger partial charge in [0.1, 0.15) is 5.75 Å². The van der Waals surface area contributed by atoms with Crippen LogP contribution in [0.25, 0.3) is 0 Å². The fraction of sp³-hybridized carbons (Fsp3) is 0.188. The van der Waals surface area contributed by atoms with Crippen molar-refractivity contribution in [3.8, 4) is 17.2 Å². The van der Waals surface area contributed by atoms with Gasteiger partial charge in [-0.2, -0.15) is 0 Å². The molecule has 0 N–H and O–H groups in total. The number of carbonyl (C=O) groups is 1. The molecule has 0 unspecified atom stereocenters. The van der Waals surface area contributed by atoms with E-state index in [2.05, 4.69) is 0 Å². The molecule has 4 heteroatoms. The van der Waals surface area contributed by atoms with Crippen molar-refractivity contribution in [1.29, 1.82) is 0 Å². The highest BCUT2D eigenvalue weighted by Crippen LogP contribution is 2.35. The van der Waals surface area contributed by atoms with Crippen LogP contribution in [0.3, 0.4) is 0 Å². The van der Waals surface area contributed by atoms with Gasteiger partial charge in [-0.05, 0) is 24.6 Å². The highest BCUT2D eigenvalue weighted by molar-refractivity contribution is 5.98. The zero-order valence-corrected chi connectivity index (χ0v) is 11.1. The highest BCUT2D eigenvalue weighted by atomic mass is 16.7. The van der Waals surface area contributed by atoms with Crippen LogP contribution >= 0.6 is 0 Å². The zero-order chi connectivity index (χ0) is 13.9. The number of benzene rings is 2. The van der Waals surface area contributed by atoms with Gasteiger partial charge in [-0.25, -0.2) is 0 Å². The van der Waals surface area contributed by atoms with Crippen molar-refractivity contribution < 1.29 is 19.0 Å². The van der Waals surface area contributed by atoms with Gasteiger partial charge >= 0.3 is 0 Å². The lowest BCUT2D eigenvalue weighted by molar-refractivity contribution is 0.0920. The van der Waals surface area contributed by atoms with Gasteiger partial charge in [0.25, 0.3) is 0 Å². The summed E-state index contributed by atoms with van der Waals surface area (Å²) in [4.78, 5) is 12.1. The summed E-state index contributed by atoms with van der Waals surface area (Å²) in [5.41, 5.74) is 1.64. The average molecular weight is 270 g/mol. The van der Waals surface area contributed by atoms with Gasteiger partial charge in [-0.15, -0.1) is 0 Å². The molecule has 4 nitrogen and oxygen atoms in total. The number of ether oxygens (including phenoxy) is 3. The first-order valence-corrected chi connectivity index (χ1v) is 6.35. The number of fused-ring (bicyclic) bond motifs is 1. The van der Waals surface area contributed by atoms with Crippen LogP contribution in [0.5, 0.6) is 17.2 Å². The van der Waals surface area contributed by atoms with Gasteiger partial charge in [-0.1, -0.05) is 24.3 Å². The summed E-state index contributed by atoms with van der Waals surface area (Å²) in [6.07, 6.45) is 0. The van der Waals surface area contributed by atoms with Crippen molar-refractivity contribution in [2.45, 2.75) is 6.92 Å². The van der Waals surface area contributed by atoms with E-state index in [9.17, 15) is 4.79 Å². The van der Waals surface area contributed by atoms with Gasteiger partial charge < -0.3 is 14.2 Å². The van der Waals surface area contributed by atoms with E-state index in [0.717, 1.165) is 5.56 Å². The van der Waals surface area contributed by atoms with Gasteiger partial charge in [0.15, 0.2) is 23.9 Å². The topological polar surface area (TPSA) is 44.8 Å². The van der Waals surface area contributed by atoms with Gasteiger partial charge in [0.05, 0.1) is 0 Å². The second kappa shape index (κ2) is 5.25. The Morgan fingerprint density at radius 2 is 1.95 bits per heavy atom. The number of hydrogen-bond acceptors (Lipinski definition) is 4. The molecule has 2 aromatic carbocycles. The van der Waals surface area contributed by atoms with E-state index in [4.69, 9.17) is 14.2 Å². The summed E-state index contributed by atoms with van der Waals surface area (Å²) in [6, 6.07) is 12.7. The number of carbonyl (C=O) groups excluding carboxylic acids is 1. The largest absolute Gasteiger partial charge is 0.485 e. The monoisotopic (exact) mass is 270 g/mol. The predicted octanol–water partition coefficient (Wildman–Crippen LogP) is 2.99. The second-order valence-corrected chi connectivity index (χ2v) is 4.54. The Labute approximate surface area is 116 Å². The summed E-state index contributed by atoms with van der Waals surface area (Å²) in [5.74, 6) is 1.89. The Kier molecular flexibility index (Phi) is 3.29. The van der Waals surface area contributed by atoms with E-state index in [0.29, 0.717) is 22.8 Å². The average Bonchev–Trinajstić information content (AvgIpc) is 2.92. The Morgan fingerprint density at radius 1 is 1.15 bits per heavy atom. The summed E-state index contributed by atoms with van der Waals surface area (Å²) in [6.45, 7) is 2.14. The summed E-state index contributed by atoms with van der Waals surface area (Å²) < 4.78 is 16.0. The molecule has 3 rings (SSSR count). The molecular formula is C16H14O4. The van der Waals surface area contributed by atoms with Crippen molar-refractivity contribution in [2.24, 2.45) is 0 Å². The third-order valence-corrected chi connectivity index (χ3v) is 3.16. The Hall–Kier alpha value is -2.49. The van der Waals surface area contributed by atoms with Crippen LogP contribution in [0, 0.1) is 6.92 Å². The van der Waals surface area contributed by atoms with Crippen molar-refractivity contribution in [1.82, 2.24) is 0 Å². The first-order chi connectivity index (χ1) is 9.74. The Morgan fingerprint density at radius 3 is 2.80 bits per heavy atom. The van der Waals surface area contributed by atoms with Crippen molar-refractivity contribution in [3.05, 3.63) is 53.6 Å².